The fourth-order valence-corrected chi connectivity index (χ4v) is 3.46. The van der Waals surface area contributed by atoms with Crippen LogP contribution in [0.2, 0.25) is 0 Å². The molecule has 0 saturated carbocycles. The smallest absolute Gasteiger partial charge is 0.332 e. The zero-order valence-corrected chi connectivity index (χ0v) is 15.3. The van der Waals surface area contributed by atoms with Gasteiger partial charge in [0.25, 0.3) is 0 Å². The summed E-state index contributed by atoms with van der Waals surface area (Å²) in [6.45, 7) is 2.07. The number of hydrogen-bond donors (Lipinski definition) is 1. The minimum Gasteiger partial charge on any atom is -0.463 e. The molecule has 1 aliphatic rings. The first-order valence-electron chi connectivity index (χ1n) is 9.09. The van der Waals surface area contributed by atoms with E-state index in [0.29, 0.717) is 13.0 Å². The number of allylic oxidation sites excluding steroid dienone is 1. The molecule has 1 unspecified atom stereocenters. The third kappa shape index (κ3) is 4.17. The van der Waals surface area contributed by atoms with Crippen LogP contribution >= 0.6 is 0 Å². The van der Waals surface area contributed by atoms with Gasteiger partial charge in [-0.15, -0.1) is 0 Å². The second-order valence-electron chi connectivity index (χ2n) is 6.45. The summed E-state index contributed by atoms with van der Waals surface area (Å²) >= 11 is 0. The Balaban J connectivity index is 1.92. The fourth-order valence-electron chi connectivity index (χ4n) is 3.46. The van der Waals surface area contributed by atoms with Crippen LogP contribution in [0.3, 0.4) is 0 Å². The van der Waals surface area contributed by atoms with E-state index in [9.17, 15) is 9.59 Å². The highest BCUT2D eigenvalue weighted by Gasteiger charge is 2.39. The van der Waals surface area contributed by atoms with Crippen LogP contribution in [0, 0.1) is 0 Å². The van der Waals surface area contributed by atoms with Crippen LogP contribution in [-0.4, -0.2) is 24.4 Å². The van der Waals surface area contributed by atoms with Gasteiger partial charge >= 0.3 is 5.97 Å². The Morgan fingerprint density at radius 1 is 1.11 bits per heavy atom. The van der Waals surface area contributed by atoms with Gasteiger partial charge in [-0.1, -0.05) is 66.7 Å². The van der Waals surface area contributed by atoms with Gasteiger partial charge < -0.3 is 10.1 Å². The molecule has 2 aromatic carbocycles. The molecule has 0 heterocycles. The number of carbonyl (C=O) groups excluding carboxylic acids is 2. The number of ketones is 1. The Morgan fingerprint density at radius 2 is 1.70 bits per heavy atom. The Kier molecular flexibility index (Phi) is 5.87. The molecule has 0 spiro atoms. The highest BCUT2D eigenvalue weighted by atomic mass is 16.5. The molecule has 0 aromatic heterocycles. The molecule has 0 fully saturated rings. The molecule has 27 heavy (non-hydrogen) atoms. The summed E-state index contributed by atoms with van der Waals surface area (Å²) < 4.78 is 4.87. The van der Waals surface area contributed by atoms with E-state index in [-0.39, 0.29) is 5.78 Å². The number of nitrogens with one attached hydrogen (secondary N) is 1. The van der Waals surface area contributed by atoms with Gasteiger partial charge in [0.15, 0.2) is 5.78 Å². The van der Waals surface area contributed by atoms with Crippen LogP contribution in [0.4, 0.5) is 0 Å². The van der Waals surface area contributed by atoms with Gasteiger partial charge in [-0.25, -0.2) is 4.79 Å². The molecule has 0 amide bonds. The molecule has 0 aliphatic heterocycles. The molecule has 1 aliphatic carbocycles. The summed E-state index contributed by atoms with van der Waals surface area (Å²) in [6.07, 6.45) is 7.00. The molecule has 4 heteroatoms. The van der Waals surface area contributed by atoms with Crippen LogP contribution in [0.1, 0.15) is 24.5 Å². The van der Waals surface area contributed by atoms with Crippen LogP contribution in [0.15, 0.2) is 85.1 Å². The molecule has 0 radical (unpaired) electrons. The number of esters is 1. The zero-order valence-electron chi connectivity index (χ0n) is 15.3. The summed E-state index contributed by atoms with van der Waals surface area (Å²) in [4.78, 5) is 23.9. The van der Waals surface area contributed by atoms with Crippen molar-refractivity contribution in [3.8, 4) is 0 Å². The van der Waals surface area contributed by atoms with E-state index in [4.69, 9.17) is 4.74 Å². The quantitative estimate of drug-likeness (QED) is 0.632. The van der Waals surface area contributed by atoms with Crippen molar-refractivity contribution in [2.24, 2.45) is 0 Å². The molecule has 138 valence electrons. The molecule has 3 rings (SSSR count). The maximum absolute atomic E-state index is 12.4. The first-order valence-corrected chi connectivity index (χ1v) is 9.09. The standard InChI is InChI=1S/C23H23NO3/c1-2-27-22(26)14-16-24-20-17-23(15-13-21(20)25,18-9-5-3-6-10-18)19-11-7-4-8-12-19/h3-16,20,24H,2,17H2,1H3. The maximum atomic E-state index is 12.4. The van der Waals surface area contributed by atoms with Crippen LogP contribution in [0.5, 0.6) is 0 Å². The monoisotopic (exact) mass is 361 g/mol. The molecular weight excluding hydrogens is 338 g/mol. The van der Waals surface area contributed by atoms with E-state index >= 15 is 0 Å². The summed E-state index contributed by atoms with van der Waals surface area (Å²) in [5.41, 5.74) is 1.84. The minimum atomic E-state index is -0.430. The summed E-state index contributed by atoms with van der Waals surface area (Å²) in [7, 11) is 0. The number of rotatable bonds is 6. The molecule has 1 atom stereocenters. The van der Waals surface area contributed by atoms with Crippen molar-refractivity contribution in [3.63, 3.8) is 0 Å². The fraction of sp³-hybridized carbons (Fsp3) is 0.217. The highest BCUT2D eigenvalue weighted by molar-refractivity contribution is 5.96. The van der Waals surface area contributed by atoms with Crippen LogP contribution in [0.25, 0.3) is 0 Å². The third-order valence-electron chi connectivity index (χ3n) is 4.78. The molecule has 0 bridgehead atoms. The van der Waals surface area contributed by atoms with Crippen molar-refractivity contribution in [1.82, 2.24) is 5.32 Å². The largest absolute Gasteiger partial charge is 0.463 e. The summed E-state index contributed by atoms with van der Waals surface area (Å²) in [5, 5.41) is 3.07. The Bertz CT molecular complexity index is 801. The minimum absolute atomic E-state index is 0.00834. The van der Waals surface area contributed by atoms with Gasteiger partial charge in [-0.3, -0.25) is 4.79 Å². The predicted octanol–water partition coefficient (Wildman–Crippen LogP) is 3.54. The number of benzene rings is 2. The zero-order chi connectivity index (χ0) is 19.1. The van der Waals surface area contributed by atoms with E-state index in [0.717, 1.165) is 11.1 Å². The van der Waals surface area contributed by atoms with Crippen molar-refractivity contribution >= 4 is 11.8 Å². The first-order chi connectivity index (χ1) is 13.2. The molecule has 2 aromatic rings. The Hall–Kier alpha value is -3.14. The average Bonchev–Trinajstić information content (AvgIpc) is 2.71. The lowest BCUT2D eigenvalue weighted by molar-refractivity contribution is -0.137. The van der Waals surface area contributed by atoms with E-state index < -0.39 is 17.4 Å². The predicted molar refractivity (Wildman–Crippen MR) is 105 cm³/mol. The molecule has 0 saturated heterocycles. The molecule has 4 nitrogen and oxygen atoms in total. The lowest BCUT2D eigenvalue weighted by Gasteiger charge is -2.37. The lowest BCUT2D eigenvalue weighted by atomic mass is 9.67. The first kappa shape index (κ1) is 18.6. The van der Waals surface area contributed by atoms with Crippen molar-refractivity contribution in [1.29, 1.82) is 0 Å². The van der Waals surface area contributed by atoms with Gasteiger partial charge in [0.1, 0.15) is 0 Å². The van der Waals surface area contributed by atoms with Crippen LogP contribution in [-0.2, 0) is 19.7 Å². The third-order valence-corrected chi connectivity index (χ3v) is 4.78. The molecular formula is C23H23NO3. The topological polar surface area (TPSA) is 55.4 Å². The van der Waals surface area contributed by atoms with Gasteiger partial charge in [0.05, 0.1) is 12.6 Å². The van der Waals surface area contributed by atoms with Crippen molar-refractivity contribution < 1.29 is 14.3 Å². The van der Waals surface area contributed by atoms with Crippen molar-refractivity contribution in [3.05, 3.63) is 96.2 Å². The van der Waals surface area contributed by atoms with E-state index in [1.54, 1.807) is 13.0 Å². The second-order valence-corrected chi connectivity index (χ2v) is 6.45. The van der Waals surface area contributed by atoms with E-state index in [1.165, 1.54) is 12.3 Å². The average molecular weight is 361 g/mol. The normalized spacial score (nSPS) is 18.4. The van der Waals surface area contributed by atoms with Crippen molar-refractivity contribution in [2.45, 2.75) is 24.8 Å². The van der Waals surface area contributed by atoms with Gasteiger partial charge in [-0.05, 0) is 30.5 Å². The van der Waals surface area contributed by atoms with E-state index in [2.05, 4.69) is 29.6 Å². The molecule has 1 N–H and O–H groups in total. The van der Waals surface area contributed by atoms with Gasteiger partial charge in [0.2, 0.25) is 0 Å². The van der Waals surface area contributed by atoms with Gasteiger partial charge in [-0.2, -0.15) is 0 Å². The van der Waals surface area contributed by atoms with Crippen molar-refractivity contribution in [2.75, 3.05) is 6.61 Å². The Morgan fingerprint density at radius 3 is 2.26 bits per heavy atom. The highest BCUT2D eigenvalue weighted by Crippen LogP contribution is 2.40. The lowest BCUT2D eigenvalue weighted by Crippen LogP contribution is -2.43. The van der Waals surface area contributed by atoms with Crippen LogP contribution < -0.4 is 5.32 Å². The van der Waals surface area contributed by atoms with Gasteiger partial charge in [0, 0.05) is 17.7 Å². The Labute approximate surface area is 159 Å². The summed E-state index contributed by atoms with van der Waals surface area (Å²) in [5.74, 6) is -0.438. The maximum Gasteiger partial charge on any atom is 0.332 e. The number of ether oxygens (including phenoxy) is 1. The summed E-state index contributed by atoms with van der Waals surface area (Å²) in [6, 6.07) is 19.9. The number of carbonyl (C=O) groups is 2. The second kappa shape index (κ2) is 8.49. The SMILES string of the molecule is CCOC(=O)C=CNC1CC(c2ccccc2)(c2ccccc2)C=CC1=O. The van der Waals surface area contributed by atoms with E-state index in [1.807, 2.05) is 42.5 Å². The number of hydrogen-bond acceptors (Lipinski definition) is 4.